The molecule has 0 unspecified atom stereocenters. The average Bonchev–Trinajstić information content (AvgIpc) is 2.46. The molecule has 2 aliphatic rings. The number of hydrogen-bond acceptors (Lipinski definition) is 2. The summed E-state index contributed by atoms with van der Waals surface area (Å²) < 4.78 is 40.2. The highest BCUT2D eigenvalue weighted by molar-refractivity contribution is 5.95. The standard InChI is InChI=1S/C16H19F3N2O/c17-14-12(10-4-6-20-7-5-10)2-1-3-13(14)15(22)21-11-8-16(18,19)9-11/h1-3,10-11,20H,4-9H2,(H,21,22). The lowest BCUT2D eigenvalue weighted by Gasteiger charge is -2.35. The zero-order chi connectivity index (χ0) is 15.7. The summed E-state index contributed by atoms with van der Waals surface area (Å²) in [5.74, 6) is -3.72. The monoisotopic (exact) mass is 312 g/mol. The van der Waals surface area contributed by atoms with Gasteiger partial charge in [-0.05, 0) is 43.5 Å². The Morgan fingerprint density at radius 1 is 1.23 bits per heavy atom. The maximum absolute atomic E-state index is 14.6. The van der Waals surface area contributed by atoms with E-state index in [2.05, 4.69) is 10.6 Å². The molecule has 1 aliphatic heterocycles. The second kappa shape index (κ2) is 5.91. The second-order valence-electron chi connectivity index (χ2n) is 6.17. The number of hydrogen-bond donors (Lipinski definition) is 2. The van der Waals surface area contributed by atoms with E-state index in [-0.39, 0.29) is 24.3 Å². The molecule has 0 aromatic heterocycles. The first-order chi connectivity index (χ1) is 10.5. The van der Waals surface area contributed by atoms with Gasteiger partial charge in [0.2, 0.25) is 0 Å². The number of piperidine rings is 1. The van der Waals surface area contributed by atoms with Crippen LogP contribution in [0.3, 0.4) is 0 Å². The van der Waals surface area contributed by atoms with Crippen molar-refractivity contribution in [3.05, 3.63) is 35.1 Å². The summed E-state index contributed by atoms with van der Waals surface area (Å²) in [6, 6.07) is 4.21. The van der Waals surface area contributed by atoms with E-state index in [1.54, 1.807) is 12.1 Å². The summed E-state index contributed by atoms with van der Waals surface area (Å²) in [5.41, 5.74) is 0.499. The first-order valence-electron chi connectivity index (χ1n) is 7.64. The summed E-state index contributed by atoms with van der Waals surface area (Å²) in [6.07, 6.45) is 0.927. The van der Waals surface area contributed by atoms with Gasteiger partial charge >= 0.3 is 0 Å². The summed E-state index contributed by atoms with van der Waals surface area (Å²) >= 11 is 0. The number of carbonyl (C=O) groups excluding carboxylic acids is 1. The van der Waals surface area contributed by atoms with Crippen molar-refractivity contribution in [1.82, 2.24) is 10.6 Å². The largest absolute Gasteiger partial charge is 0.349 e. The lowest BCUT2D eigenvalue weighted by atomic mass is 9.87. The van der Waals surface area contributed by atoms with Crippen molar-refractivity contribution in [1.29, 1.82) is 0 Å². The van der Waals surface area contributed by atoms with Crippen LogP contribution >= 0.6 is 0 Å². The predicted octanol–water partition coefficient (Wildman–Crippen LogP) is 2.82. The van der Waals surface area contributed by atoms with E-state index in [9.17, 15) is 18.0 Å². The molecule has 1 saturated carbocycles. The zero-order valence-electron chi connectivity index (χ0n) is 12.2. The fourth-order valence-electron chi connectivity index (χ4n) is 3.20. The van der Waals surface area contributed by atoms with Gasteiger partial charge in [-0.1, -0.05) is 12.1 Å². The molecule has 1 amide bonds. The third kappa shape index (κ3) is 3.11. The van der Waals surface area contributed by atoms with E-state index in [0.717, 1.165) is 25.9 Å². The maximum atomic E-state index is 14.6. The molecule has 0 spiro atoms. The molecule has 22 heavy (non-hydrogen) atoms. The first kappa shape index (κ1) is 15.3. The smallest absolute Gasteiger partial charge is 0.254 e. The molecule has 0 radical (unpaired) electrons. The number of amides is 1. The van der Waals surface area contributed by atoms with Gasteiger partial charge in [-0.25, -0.2) is 13.2 Å². The van der Waals surface area contributed by atoms with Crippen molar-refractivity contribution in [3.8, 4) is 0 Å². The number of rotatable bonds is 3. The number of carbonyl (C=O) groups is 1. The Bertz CT molecular complexity index is 563. The zero-order valence-corrected chi connectivity index (χ0v) is 12.2. The summed E-state index contributed by atoms with van der Waals surface area (Å²) in [5, 5.41) is 5.71. The molecule has 1 heterocycles. The fraction of sp³-hybridized carbons (Fsp3) is 0.562. The van der Waals surface area contributed by atoms with Gasteiger partial charge in [-0.3, -0.25) is 4.79 Å². The summed E-state index contributed by atoms with van der Waals surface area (Å²) in [7, 11) is 0. The Morgan fingerprint density at radius 3 is 2.55 bits per heavy atom. The Morgan fingerprint density at radius 2 is 1.91 bits per heavy atom. The van der Waals surface area contributed by atoms with Crippen molar-refractivity contribution in [2.45, 2.75) is 43.6 Å². The molecule has 3 rings (SSSR count). The third-order valence-electron chi connectivity index (χ3n) is 4.48. The number of benzene rings is 1. The molecule has 2 N–H and O–H groups in total. The molecule has 6 heteroatoms. The van der Waals surface area contributed by atoms with E-state index >= 15 is 0 Å². The molecule has 3 nitrogen and oxygen atoms in total. The highest BCUT2D eigenvalue weighted by Crippen LogP contribution is 2.37. The highest BCUT2D eigenvalue weighted by atomic mass is 19.3. The van der Waals surface area contributed by atoms with Crippen molar-refractivity contribution < 1.29 is 18.0 Å². The minimum atomic E-state index is -2.70. The third-order valence-corrected chi connectivity index (χ3v) is 4.48. The average molecular weight is 312 g/mol. The van der Waals surface area contributed by atoms with Gasteiger partial charge < -0.3 is 10.6 Å². The van der Waals surface area contributed by atoms with Gasteiger partial charge in [-0.2, -0.15) is 0 Å². The molecule has 1 aromatic carbocycles. The molecule has 0 atom stereocenters. The van der Waals surface area contributed by atoms with E-state index in [1.807, 2.05) is 0 Å². The van der Waals surface area contributed by atoms with E-state index < -0.39 is 23.7 Å². The van der Waals surface area contributed by atoms with E-state index in [4.69, 9.17) is 0 Å². The minimum Gasteiger partial charge on any atom is -0.349 e. The van der Waals surface area contributed by atoms with Crippen LogP contribution in [0.4, 0.5) is 13.2 Å². The van der Waals surface area contributed by atoms with Crippen LogP contribution in [-0.2, 0) is 0 Å². The molecule has 1 aromatic rings. The van der Waals surface area contributed by atoms with Crippen LogP contribution in [0.1, 0.15) is 47.5 Å². The van der Waals surface area contributed by atoms with Crippen molar-refractivity contribution >= 4 is 5.91 Å². The van der Waals surface area contributed by atoms with Gasteiger partial charge in [0.15, 0.2) is 0 Å². The lowest BCUT2D eigenvalue weighted by Crippen LogP contribution is -2.50. The fourth-order valence-corrected chi connectivity index (χ4v) is 3.20. The second-order valence-corrected chi connectivity index (χ2v) is 6.17. The Hall–Kier alpha value is -1.56. The van der Waals surface area contributed by atoms with Crippen LogP contribution in [0.25, 0.3) is 0 Å². The van der Waals surface area contributed by atoms with Crippen LogP contribution in [-0.4, -0.2) is 31.0 Å². The normalized spacial score (nSPS) is 22.1. The molecule has 1 aliphatic carbocycles. The topological polar surface area (TPSA) is 41.1 Å². The maximum Gasteiger partial charge on any atom is 0.254 e. The first-order valence-corrected chi connectivity index (χ1v) is 7.64. The predicted molar refractivity (Wildman–Crippen MR) is 76.7 cm³/mol. The van der Waals surface area contributed by atoms with Crippen molar-refractivity contribution in [2.75, 3.05) is 13.1 Å². The van der Waals surface area contributed by atoms with Crippen LogP contribution < -0.4 is 10.6 Å². The molecule has 1 saturated heterocycles. The van der Waals surface area contributed by atoms with Crippen molar-refractivity contribution in [2.24, 2.45) is 0 Å². The molecule has 2 fully saturated rings. The number of halogens is 3. The summed E-state index contributed by atoms with van der Waals surface area (Å²) in [4.78, 5) is 12.1. The van der Waals surface area contributed by atoms with Gasteiger partial charge in [0.05, 0.1) is 5.56 Å². The van der Waals surface area contributed by atoms with Crippen LogP contribution in [0.2, 0.25) is 0 Å². The number of nitrogens with one attached hydrogen (secondary N) is 2. The van der Waals surface area contributed by atoms with Gasteiger partial charge in [0, 0.05) is 18.9 Å². The van der Waals surface area contributed by atoms with Crippen molar-refractivity contribution in [3.63, 3.8) is 0 Å². The Balaban J connectivity index is 1.72. The molecular formula is C16H19F3N2O. The minimum absolute atomic E-state index is 0.0498. The van der Waals surface area contributed by atoms with E-state index in [1.165, 1.54) is 6.07 Å². The van der Waals surface area contributed by atoms with Crippen LogP contribution in [0, 0.1) is 5.82 Å². The highest BCUT2D eigenvalue weighted by Gasteiger charge is 2.46. The van der Waals surface area contributed by atoms with Gasteiger partial charge in [0.25, 0.3) is 11.8 Å². The Labute approximate surface area is 127 Å². The lowest BCUT2D eigenvalue weighted by molar-refractivity contribution is -0.0901. The molecule has 0 bridgehead atoms. The summed E-state index contributed by atoms with van der Waals surface area (Å²) in [6.45, 7) is 1.66. The number of alkyl halides is 2. The van der Waals surface area contributed by atoms with Crippen LogP contribution in [0.5, 0.6) is 0 Å². The molecular weight excluding hydrogens is 293 g/mol. The van der Waals surface area contributed by atoms with Crippen LogP contribution in [0.15, 0.2) is 18.2 Å². The van der Waals surface area contributed by atoms with E-state index in [0.29, 0.717) is 5.56 Å². The SMILES string of the molecule is O=C(NC1CC(F)(F)C1)c1cccc(C2CCNCC2)c1F. The Kier molecular flexibility index (Phi) is 4.12. The van der Waals surface area contributed by atoms with Gasteiger partial charge in [-0.15, -0.1) is 0 Å². The molecule has 120 valence electrons. The van der Waals surface area contributed by atoms with Gasteiger partial charge in [0.1, 0.15) is 5.82 Å². The quantitative estimate of drug-likeness (QED) is 0.901.